The number of nitrogens with one attached hydrogen (secondary N) is 1. The van der Waals surface area contributed by atoms with Gasteiger partial charge < -0.3 is 10.2 Å². The number of carbonyl (C=O) groups excluding carboxylic acids is 1. The Labute approximate surface area is 144 Å². The van der Waals surface area contributed by atoms with Crippen molar-refractivity contribution in [2.45, 2.75) is 13.3 Å². The van der Waals surface area contributed by atoms with Crippen molar-refractivity contribution in [3.63, 3.8) is 0 Å². The highest BCUT2D eigenvalue weighted by atomic mass is 35.5. The Kier molecular flexibility index (Phi) is 6.55. The zero-order valence-corrected chi connectivity index (χ0v) is 14.6. The number of para-hydroxylation sites is 1. The van der Waals surface area contributed by atoms with Crippen LogP contribution in [0.15, 0.2) is 36.4 Å². The van der Waals surface area contributed by atoms with Crippen molar-refractivity contribution in [3.05, 3.63) is 50.6 Å². The molecule has 0 atom stereocenters. The predicted molar refractivity (Wildman–Crippen MR) is 95.6 cm³/mol. The van der Waals surface area contributed by atoms with Gasteiger partial charge in [0.2, 0.25) is 0 Å². The summed E-state index contributed by atoms with van der Waals surface area (Å²) in [5, 5.41) is 2.88. The van der Waals surface area contributed by atoms with Crippen molar-refractivity contribution in [2.75, 3.05) is 24.5 Å². The van der Waals surface area contributed by atoms with E-state index in [0.717, 1.165) is 19.5 Å². The summed E-state index contributed by atoms with van der Waals surface area (Å²) in [6, 6.07) is 11.9. The molecule has 0 fully saturated rings. The first-order valence-corrected chi connectivity index (χ1v) is 8.72. The average Bonchev–Trinajstić information content (AvgIpc) is 2.87. The molecule has 0 saturated carbocycles. The van der Waals surface area contributed by atoms with Gasteiger partial charge in [-0.2, -0.15) is 0 Å². The fraction of sp³-hybridized carbons (Fsp3) is 0.312. The normalized spacial score (nSPS) is 10.5. The van der Waals surface area contributed by atoms with Gasteiger partial charge in [-0.1, -0.05) is 41.4 Å². The van der Waals surface area contributed by atoms with E-state index in [0.29, 0.717) is 20.8 Å². The number of carbonyl (C=O) groups is 1. The minimum absolute atomic E-state index is 0.170. The lowest BCUT2D eigenvalue weighted by Gasteiger charge is -2.23. The first-order chi connectivity index (χ1) is 10.6. The van der Waals surface area contributed by atoms with Gasteiger partial charge >= 0.3 is 0 Å². The number of amides is 1. The summed E-state index contributed by atoms with van der Waals surface area (Å²) < 4.78 is 0.957. The Hall–Kier alpha value is -1.23. The summed E-state index contributed by atoms with van der Waals surface area (Å²) >= 11 is 13.0. The van der Waals surface area contributed by atoms with Gasteiger partial charge in [-0.15, -0.1) is 11.3 Å². The van der Waals surface area contributed by atoms with Crippen molar-refractivity contribution in [2.24, 2.45) is 0 Å². The average molecular weight is 357 g/mol. The second kappa shape index (κ2) is 8.42. The van der Waals surface area contributed by atoms with E-state index in [1.807, 2.05) is 18.2 Å². The summed E-state index contributed by atoms with van der Waals surface area (Å²) in [7, 11) is 0. The minimum Gasteiger partial charge on any atom is -0.372 e. The molecule has 0 saturated heterocycles. The number of halogens is 2. The van der Waals surface area contributed by atoms with Crippen molar-refractivity contribution >= 4 is 46.1 Å². The van der Waals surface area contributed by atoms with Crippen LogP contribution in [0.3, 0.4) is 0 Å². The predicted octanol–water partition coefficient (Wildman–Crippen LogP) is 4.70. The molecule has 0 aliphatic heterocycles. The highest BCUT2D eigenvalue weighted by molar-refractivity contribution is 7.20. The standard InChI is InChI=1S/C16H18Cl2N2OS/c1-2-20(12-7-4-3-5-8-12)10-6-9-19-16(21)13-11-14(17)22-15(13)18/h3-5,7-8,11H,2,6,9-10H2,1H3,(H,19,21). The first kappa shape index (κ1) is 17.1. The van der Waals surface area contributed by atoms with E-state index >= 15 is 0 Å². The molecule has 1 N–H and O–H groups in total. The Morgan fingerprint density at radius 3 is 2.59 bits per heavy atom. The molecule has 2 aromatic rings. The molecule has 0 radical (unpaired) electrons. The molecule has 0 aliphatic carbocycles. The van der Waals surface area contributed by atoms with Crippen LogP contribution in [0, 0.1) is 0 Å². The molecule has 1 heterocycles. The minimum atomic E-state index is -0.170. The zero-order chi connectivity index (χ0) is 15.9. The van der Waals surface area contributed by atoms with Gasteiger partial charge in [-0.3, -0.25) is 4.79 Å². The molecule has 0 aliphatic rings. The second-order valence-corrected chi connectivity index (χ2v) is 7.05. The Balaban J connectivity index is 1.79. The fourth-order valence-corrected chi connectivity index (χ4v) is 3.63. The van der Waals surface area contributed by atoms with Crippen LogP contribution in [0.5, 0.6) is 0 Å². The molecule has 1 aromatic heterocycles. The molecular weight excluding hydrogens is 339 g/mol. The molecule has 2 rings (SSSR count). The Morgan fingerprint density at radius 1 is 1.27 bits per heavy atom. The smallest absolute Gasteiger partial charge is 0.253 e. The van der Waals surface area contributed by atoms with Crippen LogP contribution in [0.2, 0.25) is 8.67 Å². The highest BCUT2D eigenvalue weighted by Gasteiger charge is 2.13. The second-order valence-electron chi connectivity index (χ2n) is 4.76. The van der Waals surface area contributed by atoms with Crippen molar-refractivity contribution in [1.29, 1.82) is 0 Å². The van der Waals surface area contributed by atoms with Gasteiger partial charge in [-0.25, -0.2) is 0 Å². The van der Waals surface area contributed by atoms with E-state index in [9.17, 15) is 4.79 Å². The summed E-state index contributed by atoms with van der Waals surface area (Å²) in [5.41, 5.74) is 1.65. The third kappa shape index (κ3) is 4.63. The van der Waals surface area contributed by atoms with Crippen LogP contribution in [-0.4, -0.2) is 25.5 Å². The molecule has 0 unspecified atom stereocenters. The number of benzene rings is 1. The van der Waals surface area contributed by atoms with Crippen LogP contribution in [0.25, 0.3) is 0 Å². The summed E-state index contributed by atoms with van der Waals surface area (Å²) in [6.45, 7) is 4.55. The molecule has 22 heavy (non-hydrogen) atoms. The van der Waals surface area contributed by atoms with Gasteiger partial charge in [0.15, 0.2) is 0 Å². The lowest BCUT2D eigenvalue weighted by Crippen LogP contribution is -2.29. The molecule has 1 aromatic carbocycles. The van der Waals surface area contributed by atoms with Gasteiger partial charge in [0, 0.05) is 25.3 Å². The number of nitrogens with zero attached hydrogens (tertiary/aromatic N) is 1. The SMILES string of the molecule is CCN(CCCNC(=O)c1cc(Cl)sc1Cl)c1ccccc1. The Morgan fingerprint density at radius 2 is 2.00 bits per heavy atom. The summed E-state index contributed by atoms with van der Waals surface area (Å²) in [5.74, 6) is -0.170. The van der Waals surface area contributed by atoms with Crippen LogP contribution >= 0.6 is 34.5 Å². The van der Waals surface area contributed by atoms with Crippen molar-refractivity contribution < 1.29 is 4.79 Å². The number of hydrogen-bond acceptors (Lipinski definition) is 3. The number of anilines is 1. The summed E-state index contributed by atoms with van der Waals surface area (Å²) in [6.07, 6.45) is 0.865. The van der Waals surface area contributed by atoms with Gasteiger partial charge in [0.1, 0.15) is 4.34 Å². The molecule has 0 spiro atoms. The van der Waals surface area contributed by atoms with E-state index < -0.39 is 0 Å². The lowest BCUT2D eigenvalue weighted by molar-refractivity contribution is 0.0954. The van der Waals surface area contributed by atoms with E-state index in [-0.39, 0.29) is 5.91 Å². The molecule has 118 valence electrons. The quantitative estimate of drug-likeness (QED) is 0.729. The summed E-state index contributed by atoms with van der Waals surface area (Å²) in [4.78, 5) is 14.3. The zero-order valence-electron chi connectivity index (χ0n) is 12.3. The fourth-order valence-electron chi connectivity index (χ4n) is 2.17. The van der Waals surface area contributed by atoms with Crippen LogP contribution in [0.4, 0.5) is 5.69 Å². The van der Waals surface area contributed by atoms with Gasteiger partial charge in [0.25, 0.3) is 5.91 Å². The number of rotatable bonds is 7. The van der Waals surface area contributed by atoms with Crippen molar-refractivity contribution in [3.8, 4) is 0 Å². The molecule has 0 bridgehead atoms. The molecule has 1 amide bonds. The van der Waals surface area contributed by atoms with Crippen molar-refractivity contribution in [1.82, 2.24) is 5.32 Å². The largest absolute Gasteiger partial charge is 0.372 e. The van der Waals surface area contributed by atoms with E-state index in [1.54, 1.807) is 6.07 Å². The molecule has 6 heteroatoms. The number of hydrogen-bond donors (Lipinski definition) is 1. The highest BCUT2D eigenvalue weighted by Crippen LogP contribution is 2.30. The Bertz CT molecular complexity index is 616. The maximum Gasteiger partial charge on any atom is 0.253 e. The number of thiophene rings is 1. The molecular formula is C16H18Cl2N2OS. The van der Waals surface area contributed by atoms with Gasteiger partial charge in [0.05, 0.1) is 9.90 Å². The van der Waals surface area contributed by atoms with Gasteiger partial charge in [-0.05, 0) is 31.5 Å². The topological polar surface area (TPSA) is 32.3 Å². The first-order valence-electron chi connectivity index (χ1n) is 7.15. The maximum absolute atomic E-state index is 12.0. The lowest BCUT2D eigenvalue weighted by atomic mass is 10.2. The molecule has 3 nitrogen and oxygen atoms in total. The van der Waals surface area contributed by atoms with Crippen LogP contribution in [0.1, 0.15) is 23.7 Å². The van der Waals surface area contributed by atoms with E-state index in [2.05, 4.69) is 29.3 Å². The van der Waals surface area contributed by atoms with Crippen LogP contribution in [-0.2, 0) is 0 Å². The van der Waals surface area contributed by atoms with E-state index in [1.165, 1.54) is 17.0 Å². The maximum atomic E-state index is 12.0. The monoisotopic (exact) mass is 356 g/mol. The van der Waals surface area contributed by atoms with E-state index in [4.69, 9.17) is 23.2 Å². The van der Waals surface area contributed by atoms with Crippen LogP contribution < -0.4 is 10.2 Å². The third-order valence-corrected chi connectivity index (χ3v) is 4.78. The third-order valence-electron chi connectivity index (χ3n) is 3.29.